The normalized spacial score (nSPS) is 10.4. The van der Waals surface area contributed by atoms with Crippen LogP contribution in [0.4, 0.5) is 14.9 Å². The van der Waals surface area contributed by atoms with E-state index in [1.54, 1.807) is 43.3 Å². The van der Waals surface area contributed by atoms with Crippen molar-refractivity contribution < 1.29 is 19.0 Å². The SMILES string of the molecule is CCOC(=O)N(C)c1ccc(-c2ccc(CO)cc2)c(F)c1. The minimum Gasteiger partial charge on any atom is -0.449 e. The van der Waals surface area contributed by atoms with Crippen LogP contribution in [0.5, 0.6) is 0 Å². The first-order valence-corrected chi connectivity index (χ1v) is 6.97. The Bertz CT molecular complexity index is 655. The van der Waals surface area contributed by atoms with Crippen LogP contribution in [0.15, 0.2) is 42.5 Å². The number of anilines is 1. The van der Waals surface area contributed by atoms with E-state index in [2.05, 4.69) is 0 Å². The lowest BCUT2D eigenvalue weighted by Crippen LogP contribution is -2.27. The van der Waals surface area contributed by atoms with Gasteiger partial charge in [-0.05, 0) is 36.2 Å². The highest BCUT2D eigenvalue weighted by Gasteiger charge is 2.14. The molecule has 0 unspecified atom stereocenters. The molecular weight excluding hydrogens is 285 g/mol. The number of hydrogen-bond acceptors (Lipinski definition) is 3. The van der Waals surface area contributed by atoms with E-state index in [-0.39, 0.29) is 13.2 Å². The molecule has 0 heterocycles. The minimum absolute atomic E-state index is 0.0496. The Morgan fingerprint density at radius 3 is 2.45 bits per heavy atom. The van der Waals surface area contributed by atoms with Crippen LogP contribution >= 0.6 is 0 Å². The van der Waals surface area contributed by atoms with E-state index in [1.165, 1.54) is 18.0 Å². The maximum atomic E-state index is 14.3. The summed E-state index contributed by atoms with van der Waals surface area (Å²) >= 11 is 0. The zero-order valence-corrected chi connectivity index (χ0v) is 12.5. The van der Waals surface area contributed by atoms with E-state index in [0.29, 0.717) is 16.8 Å². The Morgan fingerprint density at radius 1 is 1.23 bits per heavy atom. The van der Waals surface area contributed by atoms with Gasteiger partial charge < -0.3 is 9.84 Å². The van der Waals surface area contributed by atoms with Crippen LogP contribution < -0.4 is 4.90 Å². The molecule has 0 aliphatic heterocycles. The molecule has 0 aromatic heterocycles. The first-order valence-electron chi connectivity index (χ1n) is 6.97. The quantitative estimate of drug-likeness (QED) is 0.939. The van der Waals surface area contributed by atoms with Crippen molar-refractivity contribution in [3.05, 3.63) is 53.8 Å². The maximum absolute atomic E-state index is 14.3. The number of carbonyl (C=O) groups is 1. The standard InChI is InChI=1S/C17H18FNO3/c1-3-22-17(21)19(2)14-8-9-15(16(18)10-14)13-6-4-12(11-20)5-7-13/h4-10,20H,3,11H2,1-2H3. The summed E-state index contributed by atoms with van der Waals surface area (Å²) in [5.41, 5.74) is 2.33. The molecule has 0 saturated heterocycles. The fraction of sp³-hybridized carbons (Fsp3) is 0.235. The van der Waals surface area contributed by atoms with Crippen LogP contribution in [-0.2, 0) is 11.3 Å². The van der Waals surface area contributed by atoms with Gasteiger partial charge in [-0.15, -0.1) is 0 Å². The highest BCUT2D eigenvalue weighted by Crippen LogP contribution is 2.27. The van der Waals surface area contributed by atoms with Crippen LogP contribution in [0, 0.1) is 5.82 Å². The van der Waals surface area contributed by atoms with Gasteiger partial charge in [0, 0.05) is 18.3 Å². The van der Waals surface area contributed by atoms with Crippen molar-refractivity contribution >= 4 is 11.8 Å². The lowest BCUT2D eigenvalue weighted by atomic mass is 10.0. The molecule has 4 nitrogen and oxygen atoms in total. The summed E-state index contributed by atoms with van der Waals surface area (Å²) < 4.78 is 19.2. The number of amides is 1. The fourth-order valence-electron chi connectivity index (χ4n) is 2.06. The van der Waals surface area contributed by atoms with E-state index in [1.807, 2.05) is 0 Å². The number of rotatable bonds is 4. The highest BCUT2D eigenvalue weighted by molar-refractivity contribution is 5.87. The van der Waals surface area contributed by atoms with Crippen LogP contribution in [0.3, 0.4) is 0 Å². The predicted molar refractivity (Wildman–Crippen MR) is 83.2 cm³/mol. The van der Waals surface area contributed by atoms with Crippen molar-refractivity contribution in [2.45, 2.75) is 13.5 Å². The third-order valence-corrected chi connectivity index (χ3v) is 3.33. The summed E-state index contributed by atoms with van der Waals surface area (Å²) in [6.45, 7) is 1.93. The molecule has 0 aliphatic rings. The van der Waals surface area contributed by atoms with Crippen molar-refractivity contribution in [3.63, 3.8) is 0 Å². The molecule has 1 N–H and O–H groups in total. The molecule has 1 amide bonds. The Balaban J connectivity index is 2.27. The molecule has 2 aromatic rings. The Labute approximate surface area is 128 Å². The van der Waals surface area contributed by atoms with Gasteiger partial charge in [0.2, 0.25) is 0 Å². The second kappa shape index (κ2) is 7.04. The van der Waals surface area contributed by atoms with Gasteiger partial charge >= 0.3 is 6.09 Å². The topological polar surface area (TPSA) is 49.8 Å². The van der Waals surface area contributed by atoms with Gasteiger partial charge in [0.25, 0.3) is 0 Å². The lowest BCUT2D eigenvalue weighted by molar-refractivity contribution is 0.161. The van der Waals surface area contributed by atoms with E-state index in [9.17, 15) is 9.18 Å². The molecule has 0 bridgehead atoms. The number of nitrogens with zero attached hydrogens (tertiary/aromatic N) is 1. The van der Waals surface area contributed by atoms with Gasteiger partial charge in [-0.25, -0.2) is 9.18 Å². The molecule has 0 atom stereocenters. The minimum atomic E-state index is -0.526. The smallest absolute Gasteiger partial charge is 0.413 e. The van der Waals surface area contributed by atoms with Crippen LogP contribution in [0.2, 0.25) is 0 Å². The van der Waals surface area contributed by atoms with Crippen molar-refractivity contribution in [1.82, 2.24) is 0 Å². The molecule has 2 aromatic carbocycles. The summed E-state index contributed by atoms with van der Waals surface area (Å²) in [6.07, 6.45) is -0.526. The molecule has 116 valence electrons. The van der Waals surface area contributed by atoms with Gasteiger partial charge in [0.1, 0.15) is 5.82 Å². The average Bonchev–Trinajstić information content (AvgIpc) is 2.54. The first kappa shape index (κ1) is 16.0. The van der Waals surface area contributed by atoms with Gasteiger partial charge in [-0.1, -0.05) is 24.3 Å². The second-order valence-electron chi connectivity index (χ2n) is 4.78. The first-order chi connectivity index (χ1) is 10.6. The number of aliphatic hydroxyl groups is 1. The Hall–Kier alpha value is -2.40. The van der Waals surface area contributed by atoms with E-state index >= 15 is 0 Å². The Morgan fingerprint density at radius 2 is 1.91 bits per heavy atom. The number of carbonyl (C=O) groups excluding carboxylic acids is 1. The second-order valence-corrected chi connectivity index (χ2v) is 4.78. The third kappa shape index (κ3) is 3.43. The largest absolute Gasteiger partial charge is 0.449 e. The number of hydrogen-bond donors (Lipinski definition) is 1. The van der Waals surface area contributed by atoms with Crippen LogP contribution in [0.1, 0.15) is 12.5 Å². The average molecular weight is 303 g/mol. The molecular formula is C17H18FNO3. The van der Waals surface area contributed by atoms with Gasteiger partial charge in [0.15, 0.2) is 0 Å². The van der Waals surface area contributed by atoms with Gasteiger partial charge in [-0.2, -0.15) is 0 Å². The predicted octanol–water partition coefficient (Wildman–Crippen LogP) is 3.58. The highest BCUT2D eigenvalue weighted by atomic mass is 19.1. The zero-order chi connectivity index (χ0) is 16.1. The molecule has 0 fully saturated rings. The van der Waals surface area contributed by atoms with Crippen molar-refractivity contribution in [3.8, 4) is 11.1 Å². The number of aliphatic hydroxyl groups excluding tert-OH is 1. The number of benzene rings is 2. The Kier molecular flexibility index (Phi) is 5.12. The summed E-state index contributed by atoms with van der Waals surface area (Å²) in [5.74, 6) is -0.426. The summed E-state index contributed by atoms with van der Waals surface area (Å²) in [7, 11) is 1.53. The van der Waals surface area contributed by atoms with E-state index < -0.39 is 11.9 Å². The summed E-state index contributed by atoms with van der Waals surface area (Å²) in [6, 6.07) is 11.6. The molecule has 0 radical (unpaired) electrons. The zero-order valence-electron chi connectivity index (χ0n) is 12.5. The third-order valence-electron chi connectivity index (χ3n) is 3.33. The van der Waals surface area contributed by atoms with Gasteiger partial charge in [0.05, 0.1) is 13.2 Å². The van der Waals surface area contributed by atoms with Crippen molar-refractivity contribution in [2.24, 2.45) is 0 Å². The molecule has 0 saturated carbocycles. The summed E-state index contributed by atoms with van der Waals surface area (Å²) in [5, 5.41) is 9.02. The molecule has 2 rings (SSSR count). The number of halogens is 1. The van der Waals surface area contributed by atoms with Crippen molar-refractivity contribution in [2.75, 3.05) is 18.6 Å². The van der Waals surface area contributed by atoms with Gasteiger partial charge in [-0.3, -0.25) is 4.90 Å². The molecule has 0 aliphatic carbocycles. The lowest BCUT2D eigenvalue weighted by Gasteiger charge is -2.17. The maximum Gasteiger partial charge on any atom is 0.413 e. The molecule has 0 spiro atoms. The number of ether oxygens (including phenoxy) is 1. The van der Waals surface area contributed by atoms with Crippen LogP contribution in [-0.4, -0.2) is 24.9 Å². The van der Waals surface area contributed by atoms with Crippen LogP contribution in [0.25, 0.3) is 11.1 Å². The van der Waals surface area contributed by atoms with E-state index in [0.717, 1.165) is 5.56 Å². The summed E-state index contributed by atoms with van der Waals surface area (Å²) in [4.78, 5) is 12.9. The fourth-order valence-corrected chi connectivity index (χ4v) is 2.06. The van der Waals surface area contributed by atoms with Crippen molar-refractivity contribution in [1.29, 1.82) is 0 Å². The monoisotopic (exact) mass is 303 g/mol. The molecule has 22 heavy (non-hydrogen) atoms. The molecule has 5 heteroatoms. The van der Waals surface area contributed by atoms with E-state index in [4.69, 9.17) is 9.84 Å².